The van der Waals surface area contributed by atoms with Crippen molar-refractivity contribution in [2.75, 3.05) is 66.1 Å². The normalized spacial score (nSPS) is 23.6. The Balaban J connectivity index is 1.66. The molecule has 38 heavy (non-hydrogen) atoms. The van der Waals surface area contributed by atoms with Crippen molar-refractivity contribution in [3.63, 3.8) is 0 Å². The molecule has 4 rings (SSSR count). The van der Waals surface area contributed by atoms with Crippen molar-refractivity contribution in [3.8, 4) is 5.75 Å². The van der Waals surface area contributed by atoms with Crippen molar-refractivity contribution in [1.82, 2.24) is 24.3 Å². The fourth-order valence-electron chi connectivity index (χ4n) is 5.62. The summed E-state index contributed by atoms with van der Waals surface area (Å²) in [5, 5.41) is 12.2. The number of rotatable bonds is 11. The summed E-state index contributed by atoms with van der Waals surface area (Å²) in [7, 11) is -1.78. The molecule has 0 radical (unpaired) electrons. The summed E-state index contributed by atoms with van der Waals surface area (Å²) in [6.07, 6.45) is 2.59. The molecule has 1 fully saturated rings. The van der Waals surface area contributed by atoms with Crippen molar-refractivity contribution in [3.05, 3.63) is 35.0 Å². The minimum Gasteiger partial charge on any atom is -0.493 e. The Morgan fingerprint density at radius 2 is 1.84 bits per heavy atom. The highest BCUT2D eigenvalue weighted by molar-refractivity contribution is 7.89. The van der Waals surface area contributed by atoms with Crippen LogP contribution in [0.1, 0.15) is 51.6 Å². The molecule has 3 heterocycles. The molecule has 0 spiro atoms. The van der Waals surface area contributed by atoms with Crippen LogP contribution in [0.25, 0.3) is 0 Å². The second-order valence-electron chi connectivity index (χ2n) is 10.4. The summed E-state index contributed by atoms with van der Waals surface area (Å²) in [5.74, 6) is 0.464. The van der Waals surface area contributed by atoms with E-state index in [2.05, 4.69) is 29.0 Å². The number of carbonyl (C=O) groups is 1. The van der Waals surface area contributed by atoms with Crippen LogP contribution in [0, 0.1) is 0 Å². The highest BCUT2D eigenvalue weighted by Gasteiger charge is 2.42. The van der Waals surface area contributed by atoms with E-state index >= 15 is 0 Å². The number of nitrogens with one attached hydrogen (secondary N) is 1. The summed E-state index contributed by atoms with van der Waals surface area (Å²) in [5.41, 5.74) is 2.31. The number of carbonyl (C=O) groups excluding carboxylic acids is 1. The fraction of sp³-hybridized carbons (Fsp3) is 0.667. The molecule has 1 aromatic carbocycles. The van der Waals surface area contributed by atoms with E-state index in [1.165, 1.54) is 4.31 Å². The lowest BCUT2D eigenvalue weighted by molar-refractivity contribution is -0.119. The number of likely N-dealkylation sites (N-methyl/N-ethyl adjacent to an activating group) is 1. The van der Waals surface area contributed by atoms with Crippen molar-refractivity contribution in [2.45, 2.75) is 57.1 Å². The van der Waals surface area contributed by atoms with Gasteiger partial charge < -0.3 is 25.0 Å². The average molecular weight is 550 g/mol. The summed E-state index contributed by atoms with van der Waals surface area (Å²) in [4.78, 5) is 19.9. The van der Waals surface area contributed by atoms with Crippen LogP contribution in [-0.4, -0.2) is 111 Å². The number of sulfonamides is 1. The number of piperazine rings is 1. The van der Waals surface area contributed by atoms with E-state index in [4.69, 9.17) is 9.84 Å². The van der Waals surface area contributed by atoms with Crippen molar-refractivity contribution in [1.29, 1.82) is 0 Å². The van der Waals surface area contributed by atoms with Gasteiger partial charge in [0, 0.05) is 65.0 Å². The molecule has 11 heteroatoms. The van der Waals surface area contributed by atoms with Crippen LogP contribution in [0.2, 0.25) is 0 Å². The van der Waals surface area contributed by atoms with Crippen LogP contribution in [0.3, 0.4) is 0 Å². The van der Waals surface area contributed by atoms with E-state index < -0.39 is 16.1 Å². The molecule has 0 saturated carbocycles. The number of aliphatic hydroxyl groups is 1. The minimum atomic E-state index is -3.72. The Morgan fingerprint density at radius 1 is 1.11 bits per heavy atom. The van der Waals surface area contributed by atoms with E-state index in [0.717, 1.165) is 31.5 Å². The number of aliphatic hydroxyl groups excluding tert-OH is 1. The van der Waals surface area contributed by atoms with Gasteiger partial charge in [-0.25, -0.2) is 8.42 Å². The summed E-state index contributed by atoms with van der Waals surface area (Å²) < 4.78 is 35.0. The maximum atomic E-state index is 13.7. The standard InChI is InChI=1S/C27H43N5O5S/c1-5-10-31-19-23-25(28-27(34)26(23)29(4)20(31)3)22-18-21(8-9-24(22)37-17-6-2)38(35,36)32-14-12-30(13-15-32)11-7-16-33/h8-9,18,20,25,33H,5-7,10-17,19H2,1-4H3,(H,28,34). The Morgan fingerprint density at radius 3 is 2.50 bits per heavy atom. The van der Waals surface area contributed by atoms with Gasteiger partial charge in [0.15, 0.2) is 0 Å². The SMILES string of the molecule is CCCOc1ccc(S(=O)(=O)N2CCN(CCCO)CC2)cc1C1NC(=O)C2=C1CN(CCC)C(C)N2C. The number of hydrogen-bond donors (Lipinski definition) is 2. The van der Waals surface area contributed by atoms with Crippen LogP contribution >= 0.6 is 0 Å². The second-order valence-corrected chi connectivity index (χ2v) is 12.3. The zero-order valence-corrected chi connectivity index (χ0v) is 24.0. The first-order valence-electron chi connectivity index (χ1n) is 13.8. The number of benzene rings is 1. The lowest BCUT2D eigenvalue weighted by atomic mass is 9.96. The fourth-order valence-corrected chi connectivity index (χ4v) is 7.07. The molecule has 2 N–H and O–H groups in total. The number of nitrogens with zero attached hydrogens (tertiary/aromatic N) is 4. The van der Waals surface area contributed by atoms with Gasteiger partial charge in [0.2, 0.25) is 10.0 Å². The molecular weight excluding hydrogens is 506 g/mol. The Hall–Kier alpha value is -2.18. The lowest BCUT2D eigenvalue weighted by Gasteiger charge is -2.41. The van der Waals surface area contributed by atoms with Gasteiger partial charge in [-0.2, -0.15) is 4.31 Å². The smallest absolute Gasteiger partial charge is 0.268 e. The first-order valence-corrected chi connectivity index (χ1v) is 15.3. The number of hydrogen-bond acceptors (Lipinski definition) is 8. The topological polar surface area (TPSA) is 106 Å². The van der Waals surface area contributed by atoms with Crippen molar-refractivity contribution < 1.29 is 23.1 Å². The quantitative estimate of drug-likeness (QED) is 0.429. The van der Waals surface area contributed by atoms with E-state index in [9.17, 15) is 13.2 Å². The number of ether oxygens (including phenoxy) is 1. The molecule has 0 aliphatic carbocycles. The molecule has 0 aromatic heterocycles. The predicted octanol–water partition coefficient (Wildman–Crippen LogP) is 1.59. The monoisotopic (exact) mass is 549 g/mol. The molecule has 2 atom stereocenters. The Labute approximate surface area is 227 Å². The first kappa shape index (κ1) is 28.8. The molecule has 2 unspecified atom stereocenters. The largest absolute Gasteiger partial charge is 0.493 e. The van der Waals surface area contributed by atoms with Gasteiger partial charge in [0.1, 0.15) is 11.4 Å². The predicted molar refractivity (Wildman–Crippen MR) is 146 cm³/mol. The zero-order chi connectivity index (χ0) is 27.4. The van der Waals surface area contributed by atoms with Crippen LogP contribution < -0.4 is 10.1 Å². The minimum absolute atomic E-state index is 0.0942. The number of amides is 1. The second kappa shape index (κ2) is 12.3. The highest BCUT2D eigenvalue weighted by Crippen LogP contribution is 2.41. The zero-order valence-electron chi connectivity index (χ0n) is 23.1. The third-order valence-corrected chi connectivity index (χ3v) is 9.72. The Kier molecular flexibility index (Phi) is 9.36. The molecule has 212 valence electrons. The lowest BCUT2D eigenvalue weighted by Crippen LogP contribution is -2.50. The summed E-state index contributed by atoms with van der Waals surface area (Å²) in [6, 6.07) is 4.59. The van der Waals surface area contributed by atoms with Gasteiger partial charge in [-0.05, 0) is 50.0 Å². The summed E-state index contributed by atoms with van der Waals surface area (Å²) in [6.45, 7) is 11.3. The van der Waals surface area contributed by atoms with E-state index in [-0.39, 0.29) is 23.6 Å². The molecule has 3 aliphatic rings. The maximum Gasteiger partial charge on any atom is 0.268 e. The molecule has 1 aromatic rings. The van der Waals surface area contributed by atoms with Gasteiger partial charge in [0.25, 0.3) is 5.91 Å². The van der Waals surface area contributed by atoms with E-state index in [0.29, 0.717) is 62.8 Å². The van der Waals surface area contributed by atoms with Crippen molar-refractivity contribution >= 4 is 15.9 Å². The van der Waals surface area contributed by atoms with Crippen LogP contribution in [0.4, 0.5) is 0 Å². The molecule has 10 nitrogen and oxygen atoms in total. The maximum absolute atomic E-state index is 13.7. The van der Waals surface area contributed by atoms with Gasteiger partial charge in [-0.1, -0.05) is 13.8 Å². The van der Waals surface area contributed by atoms with Gasteiger partial charge in [-0.3, -0.25) is 9.69 Å². The van der Waals surface area contributed by atoms with Gasteiger partial charge in [-0.15, -0.1) is 0 Å². The van der Waals surface area contributed by atoms with E-state index in [1.807, 2.05) is 18.9 Å². The Bertz CT molecular complexity index is 1130. The first-order chi connectivity index (χ1) is 18.2. The molecular formula is C27H43N5O5S. The summed E-state index contributed by atoms with van der Waals surface area (Å²) >= 11 is 0. The van der Waals surface area contributed by atoms with Crippen LogP contribution in [-0.2, 0) is 14.8 Å². The van der Waals surface area contributed by atoms with Crippen LogP contribution in [0.15, 0.2) is 34.4 Å². The molecule has 1 amide bonds. The van der Waals surface area contributed by atoms with Gasteiger partial charge >= 0.3 is 0 Å². The van der Waals surface area contributed by atoms with Crippen molar-refractivity contribution in [2.24, 2.45) is 0 Å². The molecule has 0 bridgehead atoms. The van der Waals surface area contributed by atoms with E-state index in [1.54, 1.807) is 18.2 Å². The molecule has 3 aliphatic heterocycles. The average Bonchev–Trinajstić information content (AvgIpc) is 3.25. The third-order valence-electron chi connectivity index (χ3n) is 7.82. The van der Waals surface area contributed by atoms with Gasteiger partial charge in [0.05, 0.1) is 23.7 Å². The van der Waals surface area contributed by atoms with Crippen LogP contribution in [0.5, 0.6) is 5.75 Å². The highest BCUT2D eigenvalue weighted by atomic mass is 32.2. The molecule has 1 saturated heterocycles. The third kappa shape index (κ3) is 5.72.